The van der Waals surface area contributed by atoms with E-state index in [0.29, 0.717) is 0 Å². The van der Waals surface area contributed by atoms with Gasteiger partial charge in [0.25, 0.3) is 5.91 Å². The minimum Gasteiger partial charge on any atom is -0.342 e. The Hall–Kier alpha value is -2.14. The summed E-state index contributed by atoms with van der Waals surface area (Å²) < 4.78 is 50.4. The SMILES string of the molecule is CCN(C)C(=O)c1c(F)c([N+](=O)[O-])cc(S(N)(=O)=O)c1F. The Balaban J connectivity index is 3.82. The highest BCUT2D eigenvalue weighted by atomic mass is 32.2. The van der Waals surface area contributed by atoms with Gasteiger partial charge in [-0.1, -0.05) is 0 Å². The van der Waals surface area contributed by atoms with Gasteiger partial charge in [0, 0.05) is 19.7 Å². The summed E-state index contributed by atoms with van der Waals surface area (Å²) in [7, 11) is -3.52. The predicted molar refractivity (Wildman–Crippen MR) is 67.0 cm³/mol. The Bertz CT molecular complexity index is 720. The van der Waals surface area contributed by atoms with Crippen molar-refractivity contribution >= 4 is 21.6 Å². The van der Waals surface area contributed by atoms with Gasteiger partial charge in [-0.25, -0.2) is 17.9 Å². The number of hydrogen-bond donors (Lipinski definition) is 1. The molecule has 0 aliphatic rings. The molecule has 11 heteroatoms. The van der Waals surface area contributed by atoms with Gasteiger partial charge in [-0.05, 0) is 6.92 Å². The number of halogens is 2. The zero-order valence-corrected chi connectivity index (χ0v) is 11.8. The van der Waals surface area contributed by atoms with Crippen molar-refractivity contribution in [1.29, 1.82) is 0 Å². The molecule has 0 spiro atoms. The van der Waals surface area contributed by atoms with E-state index in [4.69, 9.17) is 5.14 Å². The number of nitrogens with zero attached hydrogens (tertiary/aromatic N) is 2. The van der Waals surface area contributed by atoms with E-state index in [9.17, 15) is 32.1 Å². The van der Waals surface area contributed by atoms with E-state index in [2.05, 4.69) is 0 Å². The van der Waals surface area contributed by atoms with Crippen LogP contribution in [0.3, 0.4) is 0 Å². The first-order valence-corrected chi connectivity index (χ1v) is 7.01. The van der Waals surface area contributed by atoms with Gasteiger partial charge < -0.3 is 4.90 Å². The van der Waals surface area contributed by atoms with Crippen molar-refractivity contribution in [3.8, 4) is 0 Å². The molecule has 0 aliphatic heterocycles. The zero-order chi connectivity index (χ0) is 16.5. The lowest BCUT2D eigenvalue weighted by atomic mass is 10.1. The number of primary sulfonamides is 1. The summed E-state index contributed by atoms with van der Waals surface area (Å²) in [6, 6.07) is 0.142. The third-order valence-electron chi connectivity index (χ3n) is 2.69. The standard InChI is InChI=1S/C10H11F2N3O5S/c1-3-14(2)10(16)7-8(11)5(15(17)18)4-6(9(7)12)21(13,19)20/h4H,3H2,1-2H3,(H2,13,19,20). The topological polar surface area (TPSA) is 124 Å². The van der Waals surface area contributed by atoms with Crippen LogP contribution < -0.4 is 5.14 Å². The van der Waals surface area contributed by atoms with Crippen molar-refractivity contribution in [2.45, 2.75) is 11.8 Å². The number of hydrogen-bond acceptors (Lipinski definition) is 5. The molecule has 116 valence electrons. The predicted octanol–water partition coefficient (Wildman–Crippen LogP) is 0.612. The maximum atomic E-state index is 14.1. The van der Waals surface area contributed by atoms with E-state index in [1.807, 2.05) is 0 Å². The number of nitro groups is 1. The maximum absolute atomic E-state index is 14.1. The molecule has 0 unspecified atom stereocenters. The number of carbonyl (C=O) groups excluding carboxylic acids is 1. The van der Waals surface area contributed by atoms with Crippen LogP contribution in [0.25, 0.3) is 0 Å². The molecule has 1 amide bonds. The summed E-state index contributed by atoms with van der Waals surface area (Å²) in [4.78, 5) is 20.8. The minimum atomic E-state index is -4.71. The molecule has 0 radical (unpaired) electrons. The summed E-state index contributed by atoms with van der Waals surface area (Å²) in [5.74, 6) is -4.75. The van der Waals surface area contributed by atoms with Crippen LogP contribution in [0, 0.1) is 21.7 Å². The van der Waals surface area contributed by atoms with Crippen LogP contribution in [-0.4, -0.2) is 37.7 Å². The Morgan fingerprint density at radius 1 is 1.43 bits per heavy atom. The molecule has 1 aromatic carbocycles. The highest BCUT2D eigenvalue weighted by Gasteiger charge is 2.33. The van der Waals surface area contributed by atoms with Crippen molar-refractivity contribution in [1.82, 2.24) is 4.90 Å². The van der Waals surface area contributed by atoms with Crippen molar-refractivity contribution in [2.24, 2.45) is 5.14 Å². The van der Waals surface area contributed by atoms with Crippen LogP contribution in [0.5, 0.6) is 0 Å². The summed E-state index contributed by atoms with van der Waals surface area (Å²) >= 11 is 0. The van der Waals surface area contributed by atoms with Crippen molar-refractivity contribution < 1.29 is 26.9 Å². The van der Waals surface area contributed by atoms with Crippen LogP contribution in [0.15, 0.2) is 11.0 Å². The molecule has 1 aromatic rings. The van der Waals surface area contributed by atoms with E-state index < -0.39 is 48.6 Å². The minimum absolute atomic E-state index is 0.0467. The molecule has 2 N–H and O–H groups in total. The highest BCUT2D eigenvalue weighted by molar-refractivity contribution is 7.89. The van der Waals surface area contributed by atoms with Gasteiger partial charge >= 0.3 is 5.69 Å². The van der Waals surface area contributed by atoms with E-state index >= 15 is 0 Å². The fourth-order valence-electron chi connectivity index (χ4n) is 1.46. The third-order valence-corrected chi connectivity index (χ3v) is 3.60. The Morgan fingerprint density at radius 3 is 2.33 bits per heavy atom. The Morgan fingerprint density at radius 2 is 1.95 bits per heavy atom. The number of carbonyl (C=O) groups is 1. The lowest BCUT2D eigenvalue weighted by Gasteiger charge is -2.16. The van der Waals surface area contributed by atoms with Gasteiger partial charge in [0.05, 0.1) is 4.92 Å². The first kappa shape index (κ1) is 16.9. The first-order valence-electron chi connectivity index (χ1n) is 5.47. The number of sulfonamides is 1. The third kappa shape index (κ3) is 3.13. The van der Waals surface area contributed by atoms with Gasteiger partial charge in [-0.2, -0.15) is 4.39 Å². The molecule has 1 rings (SSSR count). The summed E-state index contributed by atoms with van der Waals surface area (Å²) in [6.45, 7) is 1.54. The van der Waals surface area contributed by atoms with Gasteiger partial charge in [0.15, 0.2) is 5.82 Å². The van der Waals surface area contributed by atoms with Crippen LogP contribution >= 0.6 is 0 Å². The molecule has 0 saturated carbocycles. The van der Waals surface area contributed by atoms with Gasteiger partial charge in [-0.15, -0.1) is 0 Å². The average molecular weight is 323 g/mol. The Kier molecular flexibility index (Phi) is 4.59. The molecule has 0 bridgehead atoms. The van der Waals surface area contributed by atoms with E-state index in [1.165, 1.54) is 14.0 Å². The molecule has 21 heavy (non-hydrogen) atoms. The lowest BCUT2D eigenvalue weighted by Crippen LogP contribution is -2.29. The van der Waals surface area contributed by atoms with Gasteiger partial charge in [0.2, 0.25) is 15.8 Å². The van der Waals surface area contributed by atoms with Gasteiger partial charge in [-0.3, -0.25) is 14.9 Å². The number of amides is 1. The van der Waals surface area contributed by atoms with Crippen LogP contribution in [-0.2, 0) is 10.0 Å². The van der Waals surface area contributed by atoms with Crippen LogP contribution in [0.4, 0.5) is 14.5 Å². The summed E-state index contributed by atoms with van der Waals surface area (Å²) in [5.41, 5.74) is -2.69. The first-order chi connectivity index (χ1) is 9.52. The maximum Gasteiger partial charge on any atom is 0.307 e. The second-order valence-electron chi connectivity index (χ2n) is 4.02. The molecular weight excluding hydrogens is 312 g/mol. The molecule has 0 aromatic heterocycles. The average Bonchev–Trinajstić information content (AvgIpc) is 2.35. The van der Waals surface area contributed by atoms with Crippen LogP contribution in [0.2, 0.25) is 0 Å². The smallest absolute Gasteiger partial charge is 0.307 e. The fraction of sp³-hybridized carbons (Fsp3) is 0.300. The van der Waals surface area contributed by atoms with E-state index in [-0.39, 0.29) is 12.6 Å². The number of benzene rings is 1. The highest BCUT2D eigenvalue weighted by Crippen LogP contribution is 2.29. The van der Waals surface area contributed by atoms with Crippen LogP contribution in [0.1, 0.15) is 17.3 Å². The summed E-state index contributed by atoms with van der Waals surface area (Å²) in [6.07, 6.45) is 0. The molecule has 0 aliphatic carbocycles. The molecular formula is C10H11F2N3O5S. The number of nitro benzene ring substituents is 1. The quantitative estimate of drug-likeness (QED) is 0.642. The van der Waals surface area contributed by atoms with Crippen molar-refractivity contribution in [3.63, 3.8) is 0 Å². The molecule has 0 heterocycles. The van der Waals surface area contributed by atoms with Gasteiger partial charge in [0.1, 0.15) is 10.5 Å². The zero-order valence-electron chi connectivity index (χ0n) is 11.0. The molecule has 8 nitrogen and oxygen atoms in total. The lowest BCUT2D eigenvalue weighted by molar-refractivity contribution is -0.387. The number of nitrogens with two attached hydrogens (primary N) is 1. The largest absolute Gasteiger partial charge is 0.342 e. The normalized spacial score (nSPS) is 11.3. The van der Waals surface area contributed by atoms with Crippen molar-refractivity contribution in [3.05, 3.63) is 33.4 Å². The number of rotatable bonds is 4. The second kappa shape index (κ2) is 5.69. The monoisotopic (exact) mass is 323 g/mol. The fourth-order valence-corrected chi connectivity index (χ4v) is 2.09. The van der Waals surface area contributed by atoms with Crippen molar-refractivity contribution in [2.75, 3.05) is 13.6 Å². The Labute approximate surface area is 118 Å². The molecule has 0 saturated heterocycles. The van der Waals surface area contributed by atoms with E-state index in [1.54, 1.807) is 0 Å². The second-order valence-corrected chi connectivity index (χ2v) is 5.55. The molecule has 0 atom stereocenters. The van der Waals surface area contributed by atoms with E-state index in [0.717, 1.165) is 4.90 Å². The molecule has 0 fully saturated rings. The summed E-state index contributed by atoms with van der Waals surface area (Å²) in [5, 5.41) is 15.4.